The summed E-state index contributed by atoms with van der Waals surface area (Å²) in [6.45, 7) is 4.28. The van der Waals surface area contributed by atoms with Gasteiger partial charge in [-0.3, -0.25) is 19.3 Å². The Bertz CT molecular complexity index is 971. The number of carbonyl (C=O) groups is 3. The van der Waals surface area contributed by atoms with Crippen LogP contribution in [0.25, 0.3) is 0 Å². The Morgan fingerprint density at radius 2 is 1.60 bits per heavy atom. The van der Waals surface area contributed by atoms with E-state index in [1.807, 2.05) is 29.2 Å². The van der Waals surface area contributed by atoms with Gasteiger partial charge < -0.3 is 9.64 Å². The van der Waals surface area contributed by atoms with Gasteiger partial charge in [-0.05, 0) is 103 Å². The van der Waals surface area contributed by atoms with E-state index in [0.29, 0.717) is 49.7 Å². The molecule has 1 aromatic carbocycles. The van der Waals surface area contributed by atoms with Gasteiger partial charge in [-0.1, -0.05) is 0 Å². The number of imide groups is 1. The van der Waals surface area contributed by atoms with E-state index in [9.17, 15) is 14.4 Å². The van der Waals surface area contributed by atoms with Gasteiger partial charge in [0.05, 0.1) is 30.7 Å². The van der Waals surface area contributed by atoms with Crippen LogP contribution in [0.4, 0.5) is 5.69 Å². The summed E-state index contributed by atoms with van der Waals surface area (Å²) in [6, 6.07) is 6.74. The lowest BCUT2D eigenvalue weighted by atomic mass is 9.49. The smallest absolute Gasteiger partial charge is 0.257 e. The summed E-state index contributed by atoms with van der Waals surface area (Å²) in [7, 11) is 0. The molecule has 8 heteroatoms. The molecule has 2 saturated heterocycles. The van der Waals surface area contributed by atoms with Gasteiger partial charge >= 0.3 is 0 Å². The number of ether oxygens (including phenoxy) is 1. The molecular weight excluding hydrogens is 557 g/mol. The highest BCUT2D eigenvalue weighted by atomic mass is 127. The maximum atomic E-state index is 14.4. The van der Waals surface area contributed by atoms with Crippen molar-refractivity contribution in [3.63, 3.8) is 0 Å². The maximum absolute atomic E-state index is 14.4. The Morgan fingerprint density at radius 3 is 2.20 bits per heavy atom. The zero-order valence-electron chi connectivity index (χ0n) is 20.2. The number of benzene rings is 1. The van der Waals surface area contributed by atoms with E-state index in [2.05, 4.69) is 27.5 Å². The minimum atomic E-state index is -0.705. The van der Waals surface area contributed by atoms with Crippen LogP contribution in [0.15, 0.2) is 24.3 Å². The molecule has 4 bridgehead atoms. The molecule has 1 atom stereocenters. The predicted octanol–water partition coefficient (Wildman–Crippen LogP) is 3.30. The first-order valence-corrected chi connectivity index (χ1v) is 14.2. The van der Waals surface area contributed by atoms with E-state index in [1.54, 1.807) is 0 Å². The molecule has 2 heterocycles. The number of rotatable bonds is 6. The summed E-state index contributed by atoms with van der Waals surface area (Å²) in [5, 5.41) is 0. The summed E-state index contributed by atoms with van der Waals surface area (Å²) in [5.74, 6) is 1.62. The highest BCUT2D eigenvalue weighted by Gasteiger charge is 2.57. The van der Waals surface area contributed by atoms with Gasteiger partial charge in [-0.2, -0.15) is 0 Å². The number of hydrogen-bond donors (Lipinski definition) is 0. The van der Waals surface area contributed by atoms with Crippen molar-refractivity contribution < 1.29 is 19.1 Å². The number of halogens is 1. The van der Waals surface area contributed by atoms with Crippen LogP contribution < -0.4 is 4.90 Å². The quantitative estimate of drug-likeness (QED) is 0.375. The predicted molar refractivity (Wildman–Crippen MR) is 140 cm³/mol. The molecule has 2 aliphatic heterocycles. The first-order valence-electron chi connectivity index (χ1n) is 13.2. The molecule has 6 fully saturated rings. The summed E-state index contributed by atoms with van der Waals surface area (Å²) < 4.78 is 6.54. The monoisotopic (exact) mass is 591 g/mol. The molecule has 6 aliphatic rings. The first kappa shape index (κ1) is 23.9. The standard InChI is InChI=1S/C27H34IN3O4/c28-21-1-3-22(4-2-21)31-24(32)14-23(25(31)33)30(6-5-29-7-9-35-10-8-29)26(34)27-15-18-11-19(16-27)13-20(12-18)17-27/h1-4,18-20,23H,5-17H2. The van der Waals surface area contributed by atoms with Gasteiger partial charge in [0.15, 0.2) is 0 Å². The summed E-state index contributed by atoms with van der Waals surface area (Å²) >= 11 is 2.21. The van der Waals surface area contributed by atoms with Crippen LogP contribution in [0.5, 0.6) is 0 Å². The average Bonchev–Trinajstić information content (AvgIpc) is 3.13. The lowest BCUT2D eigenvalue weighted by Gasteiger charge is -2.57. The third kappa shape index (κ3) is 4.44. The second-order valence-electron chi connectivity index (χ2n) is 11.4. The van der Waals surface area contributed by atoms with E-state index in [-0.39, 0.29) is 29.6 Å². The van der Waals surface area contributed by atoms with Gasteiger partial charge in [0.1, 0.15) is 6.04 Å². The normalized spacial score (nSPS) is 34.6. The molecular formula is C27H34IN3O4. The number of hydrogen-bond acceptors (Lipinski definition) is 5. The average molecular weight is 591 g/mol. The van der Waals surface area contributed by atoms with E-state index in [1.165, 1.54) is 24.2 Å². The third-order valence-corrected chi connectivity index (χ3v) is 9.82. The Balaban J connectivity index is 1.27. The van der Waals surface area contributed by atoms with E-state index >= 15 is 0 Å². The van der Waals surface area contributed by atoms with Crippen LogP contribution in [0.2, 0.25) is 0 Å². The van der Waals surface area contributed by atoms with Crippen molar-refractivity contribution in [3.8, 4) is 0 Å². The van der Waals surface area contributed by atoms with Crippen LogP contribution in [0.3, 0.4) is 0 Å². The molecule has 0 spiro atoms. The van der Waals surface area contributed by atoms with Crippen molar-refractivity contribution in [2.24, 2.45) is 23.2 Å². The Hall–Kier alpha value is -1.52. The molecule has 35 heavy (non-hydrogen) atoms. The van der Waals surface area contributed by atoms with Crippen LogP contribution >= 0.6 is 22.6 Å². The molecule has 7 rings (SSSR count). The SMILES string of the molecule is O=C1CC(N(CCN2CCOCC2)C(=O)C23CC4CC(CC(C4)C2)C3)C(=O)N1c1ccc(I)cc1. The summed E-state index contributed by atoms with van der Waals surface area (Å²) in [4.78, 5) is 46.6. The second kappa shape index (κ2) is 9.41. The van der Waals surface area contributed by atoms with Crippen molar-refractivity contribution in [2.75, 3.05) is 44.3 Å². The molecule has 4 saturated carbocycles. The van der Waals surface area contributed by atoms with Crippen LogP contribution in [-0.2, 0) is 19.1 Å². The lowest BCUT2D eigenvalue weighted by Crippen LogP contribution is -2.58. The zero-order valence-corrected chi connectivity index (χ0v) is 22.3. The number of nitrogens with zero attached hydrogens (tertiary/aromatic N) is 3. The fourth-order valence-electron chi connectivity index (χ4n) is 7.87. The molecule has 4 aliphatic carbocycles. The molecule has 7 nitrogen and oxygen atoms in total. The van der Waals surface area contributed by atoms with Crippen LogP contribution in [0, 0.1) is 26.7 Å². The molecule has 1 unspecified atom stereocenters. The largest absolute Gasteiger partial charge is 0.379 e. The van der Waals surface area contributed by atoms with Crippen LogP contribution in [-0.4, -0.2) is 73.0 Å². The molecule has 3 amide bonds. The topological polar surface area (TPSA) is 70.2 Å². The van der Waals surface area contributed by atoms with Gasteiger partial charge in [0.2, 0.25) is 11.8 Å². The first-order chi connectivity index (χ1) is 16.9. The Morgan fingerprint density at radius 1 is 1.00 bits per heavy atom. The van der Waals surface area contributed by atoms with E-state index in [0.717, 1.165) is 35.9 Å². The molecule has 0 aromatic heterocycles. The number of anilines is 1. The van der Waals surface area contributed by atoms with Crippen molar-refractivity contribution in [1.29, 1.82) is 0 Å². The number of morpholine rings is 1. The van der Waals surface area contributed by atoms with E-state index < -0.39 is 6.04 Å². The summed E-state index contributed by atoms with van der Waals surface area (Å²) in [5.41, 5.74) is 0.262. The van der Waals surface area contributed by atoms with E-state index in [4.69, 9.17) is 4.74 Å². The highest BCUT2D eigenvalue weighted by molar-refractivity contribution is 14.1. The van der Waals surface area contributed by atoms with Crippen molar-refractivity contribution in [1.82, 2.24) is 9.80 Å². The lowest BCUT2D eigenvalue weighted by molar-refractivity contribution is -0.162. The van der Waals surface area contributed by atoms with Crippen molar-refractivity contribution >= 4 is 46.0 Å². The third-order valence-electron chi connectivity index (χ3n) is 9.10. The number of carbonyl (C=O) groups excluding carboxylic acids is 3. The minimum Gasteiger partial charge on any atom is -0.379 e. The minimum absolute atomic E-state index is 0.0754. The van der Waals surface area contributed by atoms with Gasteiger partial charge in [-0.15, -0.1) is 0 Å². The second-order valence-corrected chi connectivity index (χ2v) is 12.7. The molecule has 1 aromatic rings. The zero-order chi connectivity index (χ0) is 24.2. The van der Waals surface area contributed by atoms with Crippen LogP contribution in [0.1, 0.15) is 44.9 Å². The Labute approximate surface area is 220 Å². The number of amides is 3. The Kier molecular flexibility index (Phi) is 6.41. The molecule has 0 N–H and O–H groups in total. The van der Waals surface area contributed by atoms with Gasteiger partial charge in [-0.25, -0.2) is 4.90 Å². The van der Waals surface area contributed by atoms with Gasteiger partial charge in [0.25, 0.3) is 5.91 Å². The summed E-state index contributed by atoms with van der Waals surface area (Å²) in [6.07, 6.45) is 6.75. The molecule has 188 valence electrons. The van der Waals surface area contributed by atoms with Crippen molar-refractivity contribution in [3.05, 3.63) is 27.8 Å². The fraction of sp³-hybridized carbons (Fsp3) is 0.667. The fourth-order valence-corrected chi connectivity index (χ4v) is 8.23. The van der Waals surface area contributed by atoms with Crippen molar-refractivity contribution in [2.45, 2.75) is 51.0 Å². The highest BCUT2D eigenvalue weighted by Crippen LogP contribution is 2.60. The van der Waals surface area contributed by atoms with Gasteiger partial charge in [0, 0.05) is 29.7 Å². The maximum Gasteiger partial charge on any atom is 0.257 e. The molecule has 0 radical (unpaired) electrons.